The van der Waals surface area contributed by atoms with Crippen molar-refractivity contribution in [3.8, 4) is 5.75 Å². The van der Waals surface area contributed by atoms with E-state index in [2.05, 4.69) is 0 Å². The van der Waals surface area contributed by atoms with Crippen molar-refractivity contribution in [2.75, 3.05) is 0 Å². The Bertz CT molecular complexity index is 347. The van der Waals surface area contributed by atoms with Crippen LogP contribution in [0, 0.1) is 0 Å². The lowest BCUT2D eigenvalue weighted by atomic mass is 10.1. The second-order valence-corrected chi connectivity index (χ2v) is 5.06. The Morgan fingerprint density at radius 1 is 1.40 bits per heavy atom. The van der Waals surface area contributed by atoms with E-state index in [1.165, 1.54) is 11.8 Å². The third-order valence-corrected chi connectivity index (χ3v) is 3.73. The van der Waals surface area contributed by atoms with Crippen LogP contribution in [-0.4, -0.2) is 20.9 Å². The minimum absolute atomic E-state index is 0.188. The van der Waals surface area contributed by atoms with Crippen molar-refractivity contribution in [2.45, 2.75) is 29.9 Å². The first kappa shape index (κ1) is 11.9. The van der Waals surface area contributed by atoms with E-state index >= 15 is 0 Å². The van der Waals surface area contributed by atoms with Gasteiger partial charge in [0.05, 0.1) is 0 Å². The summed E-state index contributed by atoms with van der Waals surface area (Å²) in [6.07, 6.45) is 0.549. The van der Waals surface area contributed by atoms with Gasteiger partial charge in [-0.1, -0.05) is 6.92 Å². The minimum atomic E-state index is -0.817. The lowest BCUT2D eigenvalue weighted by molar-refractivity contribution is -0.139. The quantitative estimate of drug-likeness (QED) is 0.775. The summed E-state index contributed by atoms with van der Waals surface area (Å²) >= 11 is 1.30. The highest BCUT2D eigenvalue weighted by Gasteiger charge is 2.32. The third-order valence-electron chi connectivity index (χ3n) is 2.31. The molecule has 0 aromatic heterocycles. The van der Waals surface area contributed by atoms with Crippen LogP contribution >= 0.6 is 11.8 Å². The van der Waals surface area contributed by atoms with Crippen LogP contribution in [-0.2, 0) is 4.79 Å². The Balaban J connectivity index is 2.84. The summed E-state index contributed by atoms with van der Waals surface area (Å²) in [5.74, 6) is -0.629. The van der Waals surface area contributed by atoms with Gasteiger partial charge in [-0.15, -0.1) is 11.8 Å². The summed E-state index contributed by atoms with van der Waals surface area (Å²) in [4.78, 5) is 11.9. The van der Waals surface area contributed by atoms with Crippen LogP contribution in [0.25, 0.3) is 0 Å². The van der Waals surface area contributed by atoms with E-state index in [9.17, 15) is 4.79 Å². The van der Waals surface area contributed by atoms with Gasteiger partial charge in [0.25, 0.3) is 0 Å². The number of aromatic hydroxyl groups is 1. The minimum Gasteiger partial charge on any atom is -0.508 e. The van der Waals surface area contributed by atoms with E-state index < -0.39 is 10.7 Å². The van der Waals surface area contributed by atoms with Crippen molar-refractivity contribution in [3.05, 3.63) is 24.3 Å². The average Bonchev–Trinajstić information content (AvgIpc) is 2.21. The topological polar surface area (TPSA) is 57.5 Å². The predicted molar refractivity (Wildman–Crippen MR) is 60.3 cm³/mol. The van der Waals surface area contributed by atoms with E-state index in [0.29, 0.717) is 6.42 Å². The monoisotopic (exact) mass is 226 g/mol. The molecule has 0 aliphatic rings. The van der Waals surface area contributed by atoms with Crippen molar-refractivity contribution in [2.24, 2.45) is 0 Å². The van der Waals surface area contributed by atoms with Gasteiger partial charge < -0.3 is 10.2 Å². The van der Waals surface area contributed by atoms with Gasteiger partial charge in [-0.25, -0.2) is 0 Å². The second kappa shape index (κ2) is 4.57. The molecule has 0 saturated heterocycles. The Morgan fingerprint density at radius 2 is 1.93 bits per heavy atom. The van der Waals surface area contributed by atoms with Gasteiger partial charge in [0.1, 0.15) is 10.5 Å². The Kier molecular flexibility index (Phi) is 3.63. The number of hydrogen-bond acceptors (Lipinski definition) is 3. The molecule has 0 amide bonds. The summed E-state index contributed by atoms with van der Waals surface area (Å²) < 4.78 is -0.809. The van der Waals surface area contributed by atoms with Crippen LogP contribution < -0.4 is 0 Å². The highest BCUT2D eigenvalue weighted by Crippen LogP contribution is 2.36. The van der Waals surface area contributed by atoms with Crippen molar-refractivity contribution in [3.63, 3.8) is 0 Å². The number of carbonyl (C=O) groups is 1. The molecule has 0 heterocycles. The Labute approximate surface area is 93.1 Å². The zero-order valence-electron chi connectivity index (χ0n) is 8.73. The van der Waals surface area contributed by atoms with E-state index in [1.807, 2.05) is 6.92 Å². The molecule has 0 spiro atoms. The number of aliphatic carboxylic acids is 1. The summed E-state index contributed by atoms with van der Waals surface area (Å²) in [5, 5.41) is 18.2. The zero-order valence-corrected chi connectivity index (χ0v) is 9.54. The summed E-state index contributed by atoms with van der Waals surface area (Å²) in [5.41, 5.74) is 0. The molecule has 82 valence electrons. The average molecular weight is 226 g/mol. The highest BCUT2D eigenvalue weighted by molar-refractivity contribution is 8.01. The van der Waals surface area contributed by atoms with Gasteiger partial charge in [0, 0.05) is 4.90 Å². The van der Waals surface area contributed by atoms with E-state index in [-0.39, 0.29) is 5.75 Å². The van der Waals surface area contributed by atoms with E-state index in [4.69, 9.17) is 10.2 Å². The standard InChI is InChI=1S/C11H14O3S/c1-3-11(2,10(13)14)15-9-6-4-8(12)5-7-9/h4-7,12H,3H2,1-2H3,(H,13,14). The molecular formula is C11H14O3S. The molecule has 1 aromatic rings. The van der Waals surface area contributed by atoms with Crippen LogP contribution in [0.1, 0.15) is 20.3 Å². The van der Waals surface area contributed by atoms with Crippen molar-refractivity contribution < 1.29 is 15.0 Å². The van der Waals surface area contributed by atoms with Gasteiger partial charge in [-0.2, -0.15) is 0 Å². The fourth-order valence-electron chi connectivity index (χ4n) is 1.04. The van der Waals surface area contributed by atoms with Gasteiger partial charge in [0.2, 0.25) is 0 Å². The molecule has 0 radical (unpaired) electrons. The van der Waals surface area contributed by atoms with E-state index in [0.717, 1.165) is 4.90 Å². The SMILES string of the molecule is CCC(C)(Sc1ccc(O)cc1)C(=O)O. The summed E-state index contributed by atoms with van der Waals surface area (Å²) in [6, 6.07) is 6.55. The zero-order chi connectivity index (χ0) is 11.5. The molecule has 1 aromatic carbocycles. The molecule has 0 aliphatic heterocycles. The normalized spacial score (nSPS) is 14.5. The van der Waals surface area contributed by atoms with Gasteiger partial charge in [-0.3, -0.25) is 4.79 Å². The molecule has 3 nitrogen and oxygen atoms in total. The number of phenolic OH excluding ortho intramolecular Hbond substituents is 1. The molecule has 0 aliphatic carbocycles. The molecule has 4 heteroatoms. The maximum absolute atomic E-state index is 11.1. The first-order chi connectivity index (χ1) is 6.98. The number of phenols is 1. The molecule has 0 bridgehead atoms. The second-order valence-electron chi connectivity index (χ2n) is 3.49. The molecule has 1 rings (SSSR count). The maximum Gasteiger partial charge on any atom is 0.319 e. The van der Waals surface area contributed by atoms with Crippen LogP contribution in [0.5, 0.6) is 5.75 Å². The smallest absolute Gasteiger partial charge is 0.319 e. The first-order valence-corrected chi connectivity index (χ1v) is 5.51. The Morgan fingerprint density at radius 3 is 2.33 bits per heavy atom. The van der Waals surface area contributed by atoms with Crippen molar-refractivity contribution in [1.29, 1.82) is 0 Å². The predicted octanol–water partition coefficient (Wildman–Crippen LogP) is 2.74. The largest absolute Gasteiger partial charge is 0.508 e. The highest BCUT2D eigenvalue weighted by atomic mass is 32.2. The first-order valence-electron chi connectivity index (χ1n) is 4.69. The molecule has 2 N–H and O–H groups in total. The number of rotatable bonds is 4. The van der Waals surface area contributed by atoms with Crippen LogP contribution in [0.15, 0.2) is 29.2 Å². The fourth-order valence-corrected chi connectivity index (χ4v) is 2.07. The fraction of sp³-hybridized carbons (Fsp3) is 0.364. The number of benzene rings is 1. The van der Waals surface area contributed by atoms with Gasteiger partial charge >= 0.3 is 5.97 Å². The van der Waals surface area contributed by atoms with Crippen LogP contribution in [0.2, 0.25) is 0 Å². The number of carboxylic acids is 1. The van der Waals surface area contributed by atoms with Crippen LogP contribution in [0.3, 0.4) is 0 Å². The summed E-state index contributed by atoms with van der Waals surface area (Å²) in [6.45, 7) is 3.55. The Hall–Kier alpha value is -1.16. The number of thioether (sulfide) groups is 1. The number of carboxylic acid groups (broad SMARTS) is 1. The molecule has 1 atom stereocenters. The lowest BCUT2D eigenvalue weighted by Gasteiger charge is -2.22. The lowest BCUT2D eigenvalue weighted by Crippen LogP contribution is -2.30. The van der Waals surface area contributed by atoms with E-state index in [1.54, 1.807) is 31.2 Å². The summed E-state index contributed by atoms with van der Waals surface area (Å²) in [7, 11) is 0. The number of hydrogen-bond donors (Lipinski definition) is 2. The van der Waals surface area contributed by atoms with Crippen molar-refractivity contribution >= 4 is 17.7 Å². The van der Waals surface area contributed by atoms with Gasteiger partial charge in [0.15, 0.2) is 0 Å². The van der Waals surface area contributed by atoms with Crippen LogP contribution in [0.4, 0.5) is 0 Å². The molecule has 15 heavy (non-hydrogen) atoms. The third kappa shape index (κ3) is 2.89. The molecule has 0 saturated carbocycles. The maximum atomic E-state index is 11.1. The molecule has 0 fully saturated rings. The molecular weight excluding hydrogens is 212 g/mol. The van der Waals surface area contributed by atoms with Crippen molar-refractivity contribution in [1.82, 2.24) is 0 Å². The molecule has 1 unspecified atom stereocenters. The van der Waals surface area contributed by atoms with Gasteiger partial charge in [-0.05, 0) is 37.6 Å².